The van der Waals surface area contributed by atoms with E-state index in [1.807, 2.05) is 0 Å². The third kappa shape index (κ3) is 32.9. The van der Waals surface area contributed by atoms with Gasteiger partial charge in [-0.3, -0.25) is 14.1 Å². The molecule has 0 heterocycles. The quantitative estimate of drug-likeness (QED) is 0.0345. The number of allylic oxidation sites excluding steroid dienone is 8. The van der Waals surface area contributed by atoms with E-state index in [1.165, 1.54) is 51.4 Å². The Hall–Kier alpha value is -1.99. The van der Waals surface area contributed by atoms with Crippen LogP contribution in [0.3, 0.4) is 0 Å². The molecule has 0 aliphatic rings. The summed E-state index contributed by atoms with van der Waals surface area (Å²) in [7, 11) is -4.76. The summed E-state index contributed by atoms with van der Waals surface area (Å²) in [5, 5.41) is 0. The third-order valence-electron chi connectivity index (χ3n) is 6.86. The van der Waals surface area contributed by atoms with Crippen molar-refractivity contribution in [2.24, 2.45) is 0 Å². The first kappa shape index (κ1) is 42.0. The maximum Gasteiger partial charge on any atom is 0.469 e. The summed E-state index contributed by atoms with van der Waals surface area (Å²) in [6, 6.07) is 0. The van der Waals surface area contributed by atoms with Crippen LogP contribution >= 0.6 is 7.82 Å². The summed E-state index contributed by atoms with van der Waals surface area (Å²) in [5.41, 5.74) is 0. The maximum atomic E-state index is 12.3. The SMILES string of the molecule is CC/C=C/C/C=C/C/C=C/C/C=C/CCCCC(=O)O[C@H](COC(=O)CCCCCCCCCCCCC)COP(=O)(O)O. The molecule has 0 saturated carbocycles. The zero-order valence-electron chi connectivity index (χ0n) is 27.5. The predicted octanol–water partition coefficient (Wildman–Crippen LogP) is 9.62. The Morgan fingerprint density at radius 1 is 0.614 bits per heavy atom. The van der Waals surface area contributed by atoms with Gasteiger partial charge in [-0.05, 0) is 51.4 Å². The van der Waals surface area contributed by atoms with Crippen molar-refractivity contribution in [3.63, 3.8) is 0 Å². The summed E-state index contributed by atoms with van der Waals surface area (Å²) in [4.78, 5) is 42.5. The van der Waals surface area contributed by atoms with Crippen LogP contribution in [0.25, 0.3) is 0 Å². The molecule has 0 aromatic rings. The average molecular weight is 641 g/mol. The molecule has 0 aliphatic heterocycles. The lowest BCUT2D eigenvalue weighted by molar-refractivity contribution is -0.161. The van der Waals surface area contributed by atoms with Gasteiger partial charge in [0.15, 0.2) is 6.10 Å². The van der Waals surface area contributed by atoms with Crippen molar-refractivity contribution in [2.75, 3.05) is 13.2 Å². The average Bonchev–Trinajstić information content (AvgIpc) is 2.98. The number of unbranched alkanes of at least 4 members (excludes halogenated alkanes) is 12. The number of esters is 2. The van der Waals surface area contributed by atoms with Gasteiger partial charge in [0, 0.05) is 12.8 Å². The Morgan fingerprint density at radius 3 is 1.64 bits per heavy atom. The Kier molecular flexibility index (Phi) is 29.6. The van der Waals surface area contributed by atoms with E-state index in [4.69, 9.17) is 19.3 Å². The van der Waals surface area contributed by atoms with Gasteiger partial charge in [-0.2, -0.15) is 0 Å². The second-order valence-corrected chi connectivity index (χ2v) is 12.4. The molecule has 0 amide bonds. The third-order valence-corrected chi connectivity index (χ3v) is 7.35. The first-order valence-electron chi connectivity index (χ1n) is 16.9. The fraction of sp³-hybridized carbons (Fsp3) is 0.714. The minimum absolute atomic E-state index is 0.159. The summed E-state index contributed by atoms with van der Waals surface area (Å²) >= 11 is 0. The first-order valence-corrected chi connectivity index (χ1v) is 18.5. The summed E-state index contributed by atoms with van der Waals surface area (Å²) < 4.78 is 26.2. The molecule has 0 rings (SSSR count). The number of ether oxygens (including phenoxy) is 2. The fourth-order valence-electron chi connectivity index (χ4n) is 4.36. The lowest BCUT2D eigenvalue weighted by Gasteiger charge is -2.18. The highest BCUT2D eigenvalue weighted by molar-refractivity contribution is 7.46. The molecular formula is C35H61O8P. The van der Waals surface area contributed by atoms with Crippen LogP contribution in [-0.2, 0) is 28.2 Å². The highest BCUT2D eigenvalue weighted by Gasteiger charge is 2.22. The van der Waals surface area contributed by atoms with Crippen LogP contribution in [-0.4, -0.2) is 41.0 Å². The second kappa shape index (κ2) is 31.0. The van der Waals surface area contributed by atoms with Crippen molar-refractivity contribution in [1.82, 2.24) is 0 Å². The molecule has 0 saturated heterocycles. The van der Waals surface area contributed by atoms with Crippen LogP contribution in [0.5, 0.6) is 0 Å². The topological polar surface area (TPSA) is 119 Å². The number of rotatable bonds is 30. The summed E-state index contributed by atoms with van der Waals surface area (Å²) in [5.74, 6) is -0.938. The van der Waals surface area contributed by atoms with Crippen LogP contribution in [0.2, 0.25) is 0 Å². The summed E-state index contributed by atoms with van der Waals surface area (Å²) in [6.07, 6.45) is 35.5. The van der Waals surface area contributed by atoms with Gasteiger partial charge in [0.25, 0.3) is 0 Å². The molecule has 0 radical (unpaired) electrons. The van der Waals surface area contributed by atoms with Crippen molar-refractivity contribution < 1.29 is 37.9 Å². The number of hydrogen-bond acceptors (Lipinski definition) is 6. The van der Waals surface area contributed by atoms with Gasteiger partial charge < -0.3 is 19.3 Å². The van der Waals surface area contributed by atoms with Crippen molar-refractivity contribution in [1.29, 1.82) is 0 Å². The number of carbonyl (C=O) groups excluding carboxylic acids is 2. The second-order valence-electron chi connectivity index (χ2n) is 11.1. The van der Waals surface area contributed by atoms with Crippen LogP contribution in [0.1, 0.15) is 142 Å². The Balaban J connectivity index is 4.11. The molecule has 0 fully saturated rings. The van der Waals surface area contributed by atoms with Gasteiger partial charge in [0.1, 0.15) is 6.61 Å². The van der Waals surface area contributed by atoms with Crippen molar-refractivity contribution >= 4 is 19.8 Å². The van der Waals surface area contributed by atoms with Crippen molar-refractivity contribution in [3.05, 3.63) is 48.6 Å². The monoisotopic (exact) mass is 640 g/mol. The lowest BCUT2D eigenvalue weighted by Crippen LogP contribution is -2.29. The number of phosphoric acid groups is 1. The number of phosphoric ester groups is 1. The summed E-state index contributed by atoms with van der Waals surface area (Å²) in [6.45, 7) is 3.50. The number of carbonyl (C=O) groups is 2. The molecule has 0 aromatic carbocycles. The molecule has 254 valence electrons. The van der Waals surface area contributed by atoms with E-state index in [-0.39, 0.29) is 19.4 Å². The fourth-order valence-corrected chi connectivity index (χ4v) is 4.72. The van der Waals surface area contributed by atoms with Crippen molar-refractivity contribution in [3.8, 4) is 0 Å². The van der Waals surface area contributed by atoms with Gasteiger partial charge >= 0.3 is 19.8 Å². The molecule has 9 heteroatoms. The van der Waals surface area contributed by atoms with Gasteiger partial charge in [-0.15, -0.1) is 0 Å². The molecule has 0 unspecified atom stereocenters. The van der Waals surface area contributed by atoms with Gasteiger partial charge in [-0.25, -0.2) is 4.57 Å². The minimum Gasteiger partial charge on any atom is -0.462 e. The molecular weight excluding hydrogens is 579 g/mol. The Labute approximate surface area is 267 Å². The van der Waals surface area contributed by atoms with E-state index >= 15 is 0 Å². The molecule has 1 atom stereocenters. The minimum atomic E-state index is -4.76. The normalized spacial score (nSPS) is 13.1. The molecule has 8 nitrogen and oxygen atoms in total. The van der Waals surface area contributed by atoms with E-state index in [9.17, 15) is 14.2 Å². The van der Waals surface area contributed by atoms with Gasteiger partial charge in [0.2, 0.25) is 0 Å². The maximum absolute atomic E-state index is 12.3. The standard InChI is InChI=1S/C35H61O8P/c1-3-5-7-9-11-13-15-16-17-18-20-22-24-26-28-30-35(37)43-33(32-42-44(38,39)40)31-41-34(36)29-27-25-23-21-19-14-12-10-8-6-4-2/h5,7,11,13,16-17,20,22,33H,3-4,6,8-10,12,14-15,18-19,21,23-32H2,1-2H3,(H2,38,39,40)/b7-5+,13-11+,17-16+,22-20+/t33-/m1/s1. The lowest BCUT2D eigenvalue weighted by atomic mass is 10.1. The molecule has 2 N–H and O–H groups in total. The van der Waals surface area contributed by atoms with Crippen LogP contribution < -0.4 is 0 Å². The predicted molar refractivity (Wildman–Crippen MR) is 179 cm³/mol. The highest BCUT2D eigenvalue weighted by Crippen LogP contribution is 2.35. The smallest absolute Gasteiger partial charge is 0.462 e. The van der Waals surface area contributed by atoms with Crippen molar-refractivity contribution in [2.45, 2.75) is 148 Å². The molecule has 0 bridgehead atoms. The molecule has 0 aromatic heterocycles. The number of hydrogen-bond donors (Lipinski definition) is 2. The Morgan fingerprint density at radius 2 is 1.09 bits per heavy atom. The largest absolute Gasteiger partial charge is 0.469 e. The Bertz CT molecular complexity index is 859. The molecule has 44 heavy (non-hydrogen) atoms. The van der Waals surface area contributed by atoms with E-state index in [0.29, 0.717) is 6.42 Å². The first-order chi connectivity index (χ1) is 21.3. The van der Waals surface area contributed by atoms with E-state index in [1.54, 1.807) is 0 Å². The van der Waals surface area contributed by atoms with Gasteiger partial charge in [-0.1, -0.05) is 127 Å². The zero-order valence-corrected chi connectivity index (χ0v) is 28.4. The van der Waals surface area contributed by atoms with E-state index in [2.05, 4.69) is 67.0 Å². The highest BCUT2D eigenvalue weighted by atomic mass is 31.2. The van der Waals surface area contributed by atoms with E-state index < -0.39 is 32.5 Å². The molecule has 0 aliphatic carbocycles. The van der Waals surface area contributed by atoms with E-state index in [0.717, 1.165) is 57.8 Å². The molecule has 0 spiro atoms. The van der Waals surface area contributed by atoms with Crippen LogP contribution in [0.15, 0.2) is 48.6 Å². The van der Waals surface area contributed by atoms with Crippen LogP contribution in [0, 0.1) is 0 Å². The zero-order chi connectivity index (χ0) is 32.6. The van der Waals surface area contributed by atoms with Gasteiger partial charge in [0.05, 0.1) is 6.61 Å². The van der Waals surface area contributed by atoms with Crippen LogP contribution in [0.4, 0.5) is 0 Å².